The van der Waals surface area contributed by atoms with Crippen LogP contribution in [0.4, 0.5) is 0 Å². The molecule has 0 bridgehead atoms. The molecule has 1 unspecified atom stereocenters. The Hall–Kier alpha value is -2.33. The van der Waals surface area contributed by atoms with Gasteiger partial charge in [0.15, 0.2) is 0 Å². The van der Waals surface area contributed by atoms with Crippen molar-refractivity contribution < 1.29 is 9.53 Å². The third-order valence-corrected chi connectivity index (χ3v) is 5.35. The van der Waals surface area contributed by atoms with Crippen LogP contribution in [-0.4, -0.2) is 31.0 Å². The highest BCUT2D eigenvalue weighted by Crippen LogP contribution is 2.25. The van der Waals surface area contributed by atoms with E-state index in [0.29, 0.717) is 6.04 Å². The number of hydrogen-bond acceptors (Lipinski definition) is 3. The lowest BCUT2D eigenvalue weighted by atomic mass is 9.94. The van der Waals surface area contributed by atoms with Crippen molar-refractivity contribution in [2.45, 2.75) is 50.7 Å². The number of amides is 1. The molecular weight excluding hydrogens is 336 g/mol. The first kappa shape index (κ1) is 19.4. The highest BCUT2D eigenvalue weighted by molar-refractivity contribution is 5.83. The molecule has 1 fully saturated rings. The van der Waals surface area contributed by atoms with Crippen molar-refractivity contribution in [3.8, 4) is 5.75 Å². The summed E-state index contributed by atoms with van der Waals surface area (Å²) in [5, 5.41) is 3.30. The summed E-state index contributed by atoms with van der Waals surface area (Å²) in [5.74, 6) is 0.890. The lowest BCUT2D eigenvalue weighted by Crippen LogP contribution is -2.43. The topological polar surface area (TPSA) is 41.6 Å². The second kappa shape index (κ2) is 9.56. The molecule has 0 radical (unpaired) electrons. The minimum Gasteiger partial charge on any atom is -0.497 e. The van der Waals surface area contributed by atoms with E-state index in [9.17, 15) is 4.79 Å². The van der Waals surface area contributed by atoms with Crippen LogP contribution in [0, 0.1) is 0 Å². The summed E-state index contributed by atoms with van der Waals surface area (Å²) < 4.78 is 5.27. The van der Waals surface area contributed by atoms with Crippen molar-refractivity contribution in [3.63, 3.8) is 0 Å². The SMILES string of the molecule is COc1ccc(C(C(=O)NC2CCCCC2)N(C)Cc2ccccc2)cc1. The van der Waals surface area contributed by atoms with E-state index in [0.717, 1.165) is 30.7 Å². The normalized spacial score (nSPS) is 16.1. The average molecular weight is 367 g/mol. The number of methoxy groups -OCH3 is 1. The average Bonchev–Trinajstić information content (AvgIpc) is 2.70. The second-order valence-electron chi connectivity index (χ2n) is 7.42. The van der Waals surface area contributed by atoms with Crippen LogP contribution in [-0.2, 0) is 11.3 Å². The van der Waals surface area contributed by atoms with Crippen LogP contribution >= 0.6 is 0 Å². The Morgan fingerprint density at radius 1 is 1.07 bits per heavy atom. The minimum absolute atomic E-state index is 0.0884. The predicted molar refractivity (Wildman–Crippen MR) is 109 cm³/mol. The molecule has 1 atom stereocenters. The van der Waals surface area contributed by atoms with E-state index in [-0.39, 0.29) is 11.9 Å². The smallest absolute Gasteiger partial charge is 0.242 e. The summed E-state index contributed by atoms with van der Waals surface area (Å²) in [7, 11) is 3.67. The van der Waals surface area contributed by atoms with Gasteiger partial charge >= 0.3 is 0 Å². The van der Waals surface area contributed by atoms with Gasteiger partial charge in [0, 0.05) is 12.6 Å². The number of carbonyl (C=O) groups excluding carboxylic acids is 1. The van der Waals surface area contributed by atoms with Crippen molar-refractivity contribution >= 4 is 5.91 Å². The summed E-state index contributed by atoms with van der Waals surface area (Å²) in [6.07, 6.45) is 5.87. The molecule has 1 saturated carbocycles. The van der Waals surface area contributed by atoms with E-state index in [2.05, 4.69) is 22.3 Å². The zero-order valence-electron chi connectivity index (χ0n) is 16.4. The number of hydrogen-bond donors (Lipinski definition) is 1. The molecule has 1 amide bonds. The van der Waals surface area contributed by atoms with Crippen molar-refractivity contribution in [3.05, 3.63) is 65.7 Å². The second-order valence-corrected chi connectivity index (χ2v) is 7.42. The summed E-state index contributed by atoms with van der Waals surface area (Å²) >= 11 is 0. The van der Waals surface area contributed by atoms with Crippen LogP contribution in [0.1, 0.15) is 49.3 Å². The zero-order valence-corrected chi connectivity index (χ0v) is 16.4. The number of nitrogens with one attached hydrogen (secondary N) is 1. The Bertz CT molecular complexity index is 709. The lowest BCUT2D eigenvalue weighted by molar-refractivity contribution is -0.127. The van der Waals surface area contributed by atoms with E-state index < -0.39 is 0 Å². The molecule has 1 aliphatic rings. The first-order valence-corrected chi connectivity index (χ1v) is 9.86. The van der Waals surface area contributed by atoms with E-state index in [4.69, 9.17) is 4.74 Å². The van der Waals surface area contributed by atoms with Crippen molar-refractivity contribution in [2.75, 3.05) is 14.2 Å². The third-order valence-electron chi connectivity index (χ3n) is 5.35. The largest absolute Gasteiger partial charge is 0.497 e. The highest BCUT2D eigenvalue weighted by Gasteiger charge is 2.27. The molecule has 4 heteroatoms. The van der Waals surface area contributed by atoms with Gasteiger partial charge in [0.25, 0.3) is 0 Å². The maximum atomic E-state index is 13.2. The summed E-state index contributed by atoms with van der Waals surface area (Å²) in [6.45, 7) is 0.718. The highest BCUT2D eigenvalue weighted by atomic mass is 16.5. The van der Waals surface area contributed by atoms with Gasteiger partial charge in [-0.2, -0.15) is 0 Å². The number of ether oxygens (including phenoxy) is 1. The number of benzene rings is 2. The number of likely N-dealkylation sites (N-methyl/N-ethyl adjacent to an activating group) is 1. The molecule has 0 spiro atoms. The van der Waals surface area contributed by atoms with E-state index >= 15 is 0 Å². The van der Waals surface area contributed by atoms with Gasteiger partial charge in [0.05, 0.1) is 7.11 Å². The van der Waals surface area contributed by atoms with Crippen molar-refractivity contribution in [1.82, 2.24) is 10.2 Å². The summed E-state index contributed by atoms with van der Waals surface area (Å²) in [5.41, 5.74) is 2.19. The first-order valence-electron chi connectivity index (χ1n) is 9.86. The first-order chi connectivity index (χ1) is 13.2. The van der Waals surface area contributed by atoms with E-state index in [1.165, 1.54) is 24.8 Å². The lowest BCUT2D eigenvalue weighted by Gasteiger charge is -2.31. The zero-order chi connectivity index (χ0) is 19.1. The summed E-state index contributed by atoms with van der Waals surface area (Å²) in [6, 6.07) is 18.1. The van der Waals surface area contributed by atoms with Gasteiger partial charge in [-0.05, 0) is 43.1 Å². The van der Waals surface area contributed by atoms with Gasteiger partial charge < -0.3 is 10.1 Å². The van der Waals surface area contributed by atoms with E-state index in [1.807, 2.05) is 49.5 Å². The van der Waals surface area contributed by atoms with Gasteiger partial charge in [0.1, 0.15) is 11.8 Å². The molecule has 0 saturated heterocycles. The quantitative estimate of drug-likeness (QED) is 0.794. The molecule has 144 valence electrons. The minimum atomic E-state index is -0.321. The van der Waals surface area contributed by atoms with Crippen LogP contribution in [0.25, 0.3) is 0 Å². The Labute approximate surface area is 162 Å². The fourth-order valence-corrected chi connectivity index (χ4v) is 3.88. The van der Waals surface area contributed by atoms with Gasteiger partial charge in [-0.15, -0.1) is 0 Å². The van der Waals surface area contributed by atoms with Crippen LogP contribution in [0.2, 0.25) is 0 Å². The van der Waals surface area contributed by atoms with Gasteiger partial charge in [-0.3, -0.25) is 9.69 Å². The Balaban J connectivity index is 1.79. The van der Waals surface area contributed by atoms with Gasteiger partial charge in [-0.25, -0.2) is 0 Å². The number of rotatable bonds is 7. The molecule has 27 heavy (non-hydrogen) atoms. The van der Waals surface area contributed by atoms with Crippen molar-refractivity contribution in [1.29, 1.82) is 0 Å². The maximum absolute atomic E-state index is 13.2. The van der Waals surface area contributed by atoms with Crippen LogP contribution in [0.15, 0.2) is 54.6 Å². The van der Waals surface area contributed by atoms with Gasteiger partial charge in [-0.1, -0.05) is 61.7 Å². The molecule has 1 aliphatic carbocycles. The third kappa shape index (κ3) is 5.33. The Morgan fingerprint density at radius 2 is 1.74 bits per heavy atom. The molecule has 0 aliphatic heterocycles. The number of nitrogens with zero attached hydrogens (tertiary/aromatic N) is 1. The Kier molecular flexibility index (Phi) is 6.88. The monoisotopic (exact) mass is 366 g/mol. The molecule has 0 aromatic heterocycles. The van der Waals surface area contributed by atoms with Crippen LogP contribution < -0.4 is 10.1 Å². The van der Waals surface area contributed by atoms with Crippen LogP contribution in [0.3, 0.4) is 0 Å². The maximum Gasteiger partial charge on any atom is 0.242 e. The molecule has 4 nitrogen and oxygen atoms in total. The molecular formula is C23H30N2O2. The Morgan fingerprint density at radius 3 is 2.37 bits per heavy atom. The molecule has 1 N–H and O–H groups in total. The van der Waals surface area contributed by atoms with Crippen LogP contribution in [0.5, 0.6) is 5.75 Å². The molecule has 0 heterocycles. The standard InChI is InChI=1S/C23H30N2O2/c1-25(17-18-9-5-3-6-10-18)22(19-13-15-21(27-2)16-14-19)23(26)24-20-11-7-4-8-12-20/h3,5-6,9-10,13-16,20,22H,4,7-8,11-12,17H2,1-2H3,(H,24,26). The fourth-order valence-electron chi connectivity index (χ4n) is 3.88. The van der Waals surface area contributed by atoms with E-state index in [1.54, 1.807) is 7.11 Å². The van der Waals surface area contributed by atoms with Crippen molar-refractivity contribution in [2.24, 2.45) is 0 Å². The summed E-state index contributed by atoms with van der Waals surface area (Å²) in [4.78, 5) is 15.3. The predicted octanol–water partition coefficient (Wildman–Crippen LogP) is 4.32. The molecule has 3 rings (SSSR count). The van der Waals surface area contributed by atoms with Gasteiger partial charge in [0.2, 0.25) is 5.91 Å². The molecule has 2 aromatic rings. The molecule has 2 aromatic carbocycles. The number of carbonyl (C=O) groups is 1. The fraction of sp³-hybridized carbons (Fsp3) is 0.435.